The number of Topliss-reactive ketones (excluding diaryl/α,β-unsaturated/α-hetero) is 1. The number of rotatable bonds is 6. The van der Waals surface area contributed by atoms with Crippen LogP contribution in [0.2, 0.25) is 0 Å². The van der Waals surface area contributed by atoms with Gasteiger partial charge < -0.3 is 10.2 Å². The van der Waals surface area contributed by atoms with Gasteiger partial charge in [0.05, 0.1) is 6.04 Å². The van der Waals surface area contributed by atoms with E-state index in [2.05, 4.69) is 15.8 Å². The fourth-order valence-corrected chi connectivity index (χ4v) is 4.35. The fraction of sp³-hybridized carbons (Fsp3) is 0.789. The lowest BCUT2D eigenvalue weighted by Gasteiger charge is -2.28. The second-order valence-electron chi connectivity index (χ2n) is 8.63. The van der Waals surface area contributed by atoms with Crippen LogP contribution in [0.5, 0.6) is 0 Å². The van der Waals surface area contributed by atoms with E-state index in [9.17, 15) is 14.4 Å². The summed E-state index contributed by atoms with van der Waals surface area (Å²) in [5.41, 5.74) is 2.16. The van der Waals surface area contributed by atoms with Gasteiger partial charge in [-0.05, 0) is 24.7 Å². The quantitative estimate of drug-likeness (QED) is 0.497. The molecule has 0 radical (unpaired) electrons. The van der Waals surface area contributed by atoms with Gasteiger partial charge in [-0.3, -0.25) is 14.4 Å². The Morgan fingerprint density at radius 1 is 1.21 bits per heavy atom. The highest BCUT2D eigenvalue weighted by molar-refractivity contribution is 8.14. The maximum absolute atomic E-state index is 12.7. The smallest absolute Gasteiger partial charge is 0.309 e. The van der Waals surface area contributed by atoms with Crippen LogP contribution in [-0.4, -0.2) is 53.1 Å². The lowest BCUT2D eigenvalue weighted by molar-refractivity contribution is -0.141. The van der Waals surface area contributed by atoms with Crippen molar-refractivity contribution in [3.8, 4) is 0 Å². The molecule has 160 valence electrons. The number of hydrogen-bond donors (Lipinski definition) is 2. The average molecular weight is 433 g/mol. The number of ketones is 1. The van der Waals surface area contributed by atoms with Gasteiger partial charge in [0.1, 0.15) is 0 Å². The molecule has 0 aromatic heterocycles. The van der Waals surface area contributed by atoms with Crippen LogP contribution in [-0.2, 0) is 14.4 Å². The molecule has 2 amide bonds. The van der Waals surface area contributed by atoms with Gasteiger partial charge in [-0.1, -0.05) is 51.8 Å². The lowest BCUT2D eigenvalue weighted by atomic mass is 9.85. The summed E-state index contributed by atoms with van der Waals surface area (Å²) in [5.74, 6) is -0.669. The molecule has 1 aliphatic carbocycles. The van der Waals surface area contributed by atoms with Crippen molar-refractivity contribution in [2.75, 3.05) is 19.3 Å². The first-order chi connectivity index (χ1) is 12.7. The second kappa shape index (κ2) is 11.0. The van der Waals surface area contributed by atoms with Crippen LogP contribution in [0.1, 0.15) is 59.3 Å². The van der Waals surface area contributed by atoms with Gasteiger partial charge in [0.2, 0.25) is 11.7 Å². The van der Waals surface area contributed by atoms with E-state index in [0.717, 1.165) is 44.4 Å². The van der Waals surface area contributed by atoms with Crippen LogP contribution >= 0.6 is 24.2 Å². The Labute approximate surface area is 178 Å². The van der Waals surface area contributed by atoms with Crippen molar-refractivity contribution < 1.29 is 14.4 Å². The van der Waals surface area contributed by atoms with E-state index < -0.39 is 17.7 Å². The Balaban J connectivity index is 0.00000392. The van der Waals surface area contributed by atoms with Gasteiger partial charge in [0.15, 0.2) is 5.17 Å². The highest BCUT2D eigenvalue weighted by Gasteiger charge is 2.33. The van der Waals surface area contributed by atoms with Crippen molar-refractivity contribution in [1.29, 1.82) is 0 Å². The van der Waals surface area contributed by atoms with Gasteiger partial charge >= 0.3 is 5.91 Å². The molecular weight excluding hydrogens is 400 g/mol. The molecule has 2 fully saturated rings. The number of nitrogens with zero attached hydrogens (tertiary/aromatic N) is 2. The minimum absolute atomic E-state index is 0. The Hall–Kier alpha value is -1.28. The number of halogens is 1. The van der Waals surface area contributed by atoms with Crippen molar-refractivity contribution in [1.82, 2.24) is 15.6 Å². The molecule has 2 N–H and O–H groups in total. The zero-order valence-corrected chi connectivity index (χ0v) is 18.9. The molecule has 1 saturated heterocycles. The van der Waals surface area contributed by atoms with Crippen molar-refractivity contribution in [3.05, 3.63) is 0 Å². The molecule has 0 spiro atoms. The SMILES string of the molecule is CN1CCSC1=NNC(=O)C(=O)[C@@H](CC(C)(C)C)NC(=O)C1CCCCC1.Cl. The normalized spacial score (nSPS) is 20.4. The van der Waals surface area contributed by atoms with Gasteiger partial charge in [0.25, 0.3) is 0 Å². The van der Waals surface area contributed by atoms with E-state index in [4.69, 9.17) is 0 Å². The number of nitrogens with one attached hydrogen (secondary N) is 2. The van der Waals surface area contributed by atoms with E-state index in [0.29, 0.717) is 11.6 Å². The molecule has 28 heavy (non-hydrogen) atoms. The monoisotopic (exact) mass is 432 g/mol. The van der Waals surface area contributed by atoms with Gasteiger partial charge in [-0.25, -0.2) is 5.43 Å². The summed E-state index contributed by atoms with van der Waals surface area (Å²) in [6.45, 7) is 6.82. The third kappa shape index (κ3) is 7.62. The summed E-state index contributed by atoms with van der Waals surface area (Å²) >= 11 is 1.53. The lowest BCUT2D eigenvalue weighted by Crippen LogP contribution is -2.50. The summed E-state index contributed by atoms with van der Waals surface area (Å²) in [7, 11) is 1.89. The molecule has 2 rings (SSSR count). The molecule has 0 aromatic rings. The summed E-state index contributed by atoms with van der Waals surface area (Å²) in [5, 5.41) is 7.58. The number of carbonyl (C=O) groups excluding carboxylic acids is 3. The Morgan fingerprint density at radius 2 is 1.86 bits per heavy atom. The van der Waals surface area contributed by atoms with E-state index in [-0.39, 0.29) is 29.6 Å². The summed E-state index contributed by atoms with van der Waals surface area (Å²) in [6.07, 6.45) is 5.35. The first kappa shape index (κ1) is 24.8. The molecule has 1 heterocycles. The van der Waals surface area contributed by atoms with E-state index >= 15 is 0 Å². The number of hydrogen-bond acceptors (Lipinski definition) is 5. The molecule has 0 unspecified atom stereocenters. The van der Waals surface area contributed by atoms with Crippen LogP contribution in [0.3, 0.4) is 0 Å². The first-order valence-electron chi connectivity index (χ1n) is 9.73. The van der Waals surface area contributed by atoms with Gasteiger partial charge in [-0.15, -0.1) is 17.5 Å². The zero-order valence-electron chi connectivity index (χ0n) is 17.2. The molecular formula is C19H33ClN4O3S. The van der Waals surface area contributed by atoms with Crippen LogP contribution in [0, 0.1) is 11.3 Å². The van der Waals surface area contributed by atoms with Gasteiger partial charge in [-0.2, -0.15) is 0 Å². The summed E-state index contributed by atoms with van der Waals surface area (Å²) < 4.78 is 0. The van der Waals surface area contributed by atoms with Crippen molar-refractivity contribution >= 4 is 46.9 Å². The minimum Gasteiger partial charge on any atom is -0.352 e. The Kier molecular flexibility index (Phi) is 9.77. The Bertz CT molecular complexity index is 600. The third-order valence-corrected chi connectivity index (χ3v) is 5.93. The van der Waals surface area contributed by atoms with Crippen molar-refractivity contribution in [2.45, 2.75) is 65.3 Å². The predicted octanol–water partition coefficient (Wildman–Crippen LogP) is 2.54. The van der Waals surface area contributed by atoms with E-state index in [1.807, 2.05) is 32.7 Å². The molecule has 1 saturated carbocycles. The standard InChI is InChI=1S/C19H32N4O3S.ClH/c1-19(2,3)12-14(20-16(25)13-8-6-5-7-9-13)15(24)17(26)21-22-18-23(4)10-11-27-18;/h13-14H,5-12H2,1-4H3,(H,20,25)(H,21,26);1H/t14-;/m1./s1. The average Bonchev–Trinajstić information content (AvgIpc) is 3.03. The van der Waals surface area contributed by atoms with Crippen molar-refractivity contribution in [2.24, 2.45) is 16.4 Å². The van der Waals surface area contributed by atoms with Gasteiger partial charge in [0, 0.05) is 25.3 Å². The van der Waals surface area contributed by atoms with E-state index in [1.165, 1.54) is 11.8 Å². The number of hydrazone groups is 1. The number of thioether (sulfide) groups is 1. The fourth-order valence-electron chi connectivity index (χ4n) is 3.39. The third-order valence-electron chi connectivity index (χ3n) is 4.89. The predicted molar refractivity (Wildman–Crippen MR) is 115 cm³/mol. The minimum atomic E-state index is -0.825. The molecule has 9 heteroatoms. The highest BCUT2D eigenvalue weighted by atomic mass is 35.5. The summed E-state index contributed by atoms with van der Waals surface area (Å²) in [6, 6.07) is -0.825. The first-order valence-corrected chi connectivity index (χ1v) is 10.7. The largest absolute Gasteiger partial charge is 0.352 e. The summed E-state index contributed by atoms with van der Waals surface area (Å²) in [4.78, 5) is 39.6. The van der Waals surface area contributed by atoms with Crippen molar-refractivity contribution in [3.63, 3.8) is 0 Å². The Morgan fingerprint density at radius 3 is 2.39 bits per heavy atom. The second-order valence-corrected chi connectivity index (χ2v) is 9.69. The van der Waals surface area contributed by atoms with Crippen LogP contribution < -0.4 is 10.7 Å². The highest BCUT2D eigenvalue weighted by Crippen LogP contribution is 2.25. The molecule has 7 nitrogen and oxygen atoms in total. The van der Waals surface area contributed by atoms with E-state index in [1.54, 1.807) is 0 Å². The molecule has 0 bridgehead atoms. The number of carbonyl (C=O) groups is 3. The van der Waals surface area contributed by atoms with Crippen LogP contribution in [0.4, 0.5) is 0 Å². The molecule has 0 aromatic carbocycles. The topological polar surface area (TPSA) is 90.9 Å². The molecule has 1 aliphatic heterocycles. The van der Waals surface area contributed by atoms with Crippen LogP contribution in [0.25, 0.3) is 0 Å². The number of amidine groups is 1. The maximum atomic E-state index is 12.7. The molecule has 1 atom stereocenters. The number of amides is 2. The maximum Gasteiger partial charge on any atom is 0.309 e. The molecule has 2 aliphatic rings. The zero-order chi connectivity index (χ0) is 20.0. The van der Waals surface area contributed by atoms with Crippen LogP contribution in [0.15, 0.2) is 5.10 Å².